The molecule has 0 N–H and O–H groups in total. The second kappa shape index (κ2) is 34.8. The lowest BCUT2D eigenvalue weighted by Crippen LogP contribution is -2.29. The molecule has 16 nitrogen and oxygen atoms in total. The molecule has 0 spiro atoms. The summed E-state index contributed by atoms with van der Waals surface area (Å²) < 4.78 is 22.5. The summed E-state index contributed by atoms with van der Waals surface area (Å²) in [6.45, 7) is 16.0. The summed E-state index contributed by atoms with van der Waals surface area (Å²) >= 11 is 5.82. The van der Waals surface area contributed by atoms with Gasteiger partial charge in [0.25, 0.3) is 23.6 Å². The van der Waals surface area contributed by atoms with E-state index in [2.05, 4.69) is 57.0 Å². The fourth-order valence-corrected chi connectivity index (χ4v) is 17.1. The van der Waals surface area contributed by atoms with E-state index >= 15 is 0 Å². The quantitative estimate of drug-likeness (QED) is 0.0947. The van der Waals surface area contributed by atoms with Crippen molar-refractivity contribution in [2.45, 2.75) is 124 Å². The van der Waals surface area contributed by atoms with Crippen LogP contribution in [0.25, 0.3) is 24.3 Å². The Hall–Kier alpha value is -10.1. The van der Waals surface area contributed by atoms with E-state index in [1.807, 2.05) is 202 Å². The number of ether oxygens (including phenoxy) is 4. The minimum atomic E-state index is -0.0231. The van der Waals surface area contributed by atoms with Crippen molar-refractivity contribution >= 4 is 138 Å². The molecule has 8 aromatic rings. The Balaban J connectivity index is 0.000000121. The highest BCUT2D eigenvalue weighted by Crippen LogP contribution is 2.43. The van der Waals surface area contributed by atoms with E-state index in [0.29, 0.717) is 32.2 Å². The van der Waals surface area contributed by atoms with Crippen LogP contribution in [-0.2, 0) is 44.9 Å². The Bertz CT molecular complexity index is 4980. The fourth-order valence-electron chi connectivity index (χ4n) is 12.9. The Morgan fingerprint density at radius 2 is 0.750 bits per heavy atom. The SMILES string of the molecule is CCC(C)N=C1S/C(=C\c2ccc3c(c2)CCCO3)C(=O)N1c1ccccc1.CCC(C)N=C1S/C(=C\c2ccc3c(c2)CCO3)C(=O)N1c1ccccc1.CCN=C1S/C(=C\c2ccc3c(c2)CCCO3)C(=O)N1c1ccccc1C.O=C1/C(=C/c2ccc3c(c2)CCO3)SC(=NC2CC2)N1c1ccccc1. The van der Waals surface area contributed by atoms with E-state index in [4.69, 9.17) is 33.9 Å². The van der Waals surface area contributed by atoms with Gasteiger partial charge in [0.05, 0.1) is 74.8 Å². The molecule has 17 rings (SSSR count). The van der Waals surface area contributed by atoms with Crippen LogP contribution >= 0.6 is 47.0 Å². The summed E-state index contributed by atoms with van der Waals surface area (Å²) in [6.07, 6.45) is 17.9. The second-order valence-corrected chi connectivity index (χ2v) is 31.1. The number of aliphatic imine (C=N–C) groups is 4. The summed E-state index contributed by atoms with van der Waals surface area (Å²) in [4.78, 5) is 81.2. The van der Waals surface area contributed by atoms with Gasteiger partial charge in [-0.15, -0.1) is 0 Å². The van der Waals surface area contributed by atoms with Gasteiger partial charge >= 0.3 is 0 Å². The van der Waals surface area contributed by atoms with Crippen molar-refractivity contribution in [3.8, 4) is 23.0 Å². The minimum Gasteiger partial charge on any atom is -0.493 e. The number of para-hydroxylation sites is 4. The standard InChI is InChI=1S/C23H24N2O2S.2C22H22N2O2S.C21H18N2O2S/c1-3-16(2)24-23-25(19-9-5-4-6-10-19)22(26)21(28-23)15-17-11-12-20-18(14-17)8-7-13-27-20;1-3-23-22-24(18-9-5-4-7-15(18)2)21(25)20(27-22)14-16-10-11-19-17(13-16)8-6-12-26-19;1-3-15(2)23-22-24(18-7-5-4-6-8-18)21(25)20(27-22)14-16-9-10-19-17(13-16)11-12-26-19;24-20-19(13-14-6-9-18-15(12-14)10-11-25-18)26-21(22-16-7-8-16)23(20)17-4-2-1-3-5-17/h4-6,9-12,14-16H,3,7-8,13H2,1-2H3;4-5,7,9-11,13-14H,3,6,8,12H2,1-2H3;4-10,13-15H,3,11-12H2,1-2H3;1-6,9,12-13,16H,7-8,10-11H2/b21-15-,24-23?;2*20-14-,23-22?;19-13-,22-21?. The molecule has 0 radical (unpaired) electrons. The predicted octanol–water partition coefficient (Wildman–Crippen LogP) is 19.3. The van der Waals surface area contributed by atoms with E-state index in [-0.39, 0.29) is 35.7 Å². The molecule has 550 valence electrons. The second-order valence-electron chi connectivity index (χ2n) is 27.1. The molecule has 2 atom stereocenters. The van der Waals surface area contributed by atoms with Crippen molar-refractivity contribution in [3.63, 3.8) is 0 Å². The van der Waals surface area contributed by atoms with Gasteiger partial charge in [-0.25, -0.2) is 0 Å². The van der Waals surface area contributed by atoms with E-state index in [9.17, 15) is 19.2 Å². The van der Waals surface area contributed by atoms with Crippen LogP contribution in [-0.4, -0.2) is 95.4 Å². The molecule has 0 bridgehead atoms. The number of rotatable bonds is 14. The molecule has 8 heterocycles. The Morgan fingerprint density at radius 3 is 1.13 bits per heavy atom. The molecule has 4 saturated heterocycles. The van der Waals surface area contributed by atoms with Gasteiger partial charge in [0.15, 0.2) is 20.7 Å². The maximum atomic E-state index is 13.2. The fraction of sp³-hybridized carbons (Fsp3) is 0.273. The van der Waals surface area contributed by atoms with Crippen LogP contribution < -0.4 is 38.5 Å². The molecule has 8 aromatic carbocycles. The summed E-state index contributed by atoms with van der Waals surface area (Å²) in [7, 11) is 0. The number of hydrogen-bond donors (Lipinski definition) is 0. The third-order valence-corrected chi connectivity index (χ3v) is 23.0. The summed E-state index contributed by atoms with van der Waals surface area (Å²) in [5.41, 5.74) is 13.5. The molecule has 2 unspecified atom stereocenters. The Kier molecular flexibility index (Phi) is 24.1. The van der Waals surface area contributed by atoms with E-state index < -0.39 is 0 Å². The first-order valence-electron chi connectivity index (χ1n) is 37.2. The normalized spacial score (nSPS) is 20.5. The number of thioether (sulfide) groups is 4. The first-order chi connectivity index (χ1) is 52.7. The Labute approximate surface area is 649 Å². The zero-order chi connectivity index (χ0) is 74.6. The number of fused-ring (bicyclic) bond motifs is 4. The maximum Gasteiger partial charge on any atom is 0.271 e. The number of carbonyl (C=O) groups excluding carboxylic acids is 4. The number of anilines is 4. The van der Waals surface area contributed by atoms with Gasteiger partial charge in [0.1, 0.15) is 23.0 Å². The highest BCUT2D eigenvalue weighted by molar-refractivity contribution is 8.20. The number of aryl methyl sites for hydroxylation is 3. The van der Waals surface area contributed by atoms with Crippen LogP contribution in [0.3, 0.4) is 0 Å². The maximum absolute atomic E-state index is 13.2. The number of hydrogen-bond acceptors (Lipinski definition) is 16. The van der Waals surface area contributed by atoms with Crippen molar-refractivity contribution in [1.82, 2.24) is 0 Å². The number of amidine groups is 4. The van der Waals surface area contributed by atoms with Crippen LogP contribution in [0.1, 0.15) is 123 Å². The van der Waals surface area contributed by atoms with Gasteiger partial charge in [0, 0.05) is 31.5 Å². The van der Waals surface area contributed by atoms with Gasteiger partial charge in [-0.05, 0) is 291 Å². The zero-order valence-electron chi connectivity index (χ0n) is 61.5. The van der Waals surface area contributed by atoms with E-state index in [1.54, 1.807) is 19.6 Å². The monoisotopic (exact) mass is 1510 g/mol. The van der Waals surface area contributed by atoms with Crippen LogP contribution in [0.2, 0.25) is 0 Å². The summed E-state index contributed by atoms with van der Waals surface area (Å²) in [5.74, 6) is 3.77. The highest BCUT2D eigenvalue weighted by atomic mass is 32.2. The molecule has 9 aliphatic rings. The minimum absolute atomic E-state index is 0.00246. The number of amides is 4. The van der Waals surface area contributed by atoms with Crippen LogP contribution in [0.15, 0.2) is 228 Å². The number of carbonyl (C=O) groups is 4. The van der Waals surface area contributed by atoms with Crippen molar-refractivity contribution in [2.24, 2.45) is 20.0 Å². The molecular weight excluding hydrogens is 1430 g/mol. The highest BCUT2D eigenvalue weighted by Gasteiger charge is 2.40. The molecule has 108 heavy (non-hydrogen) atoms. The first kappa shape index (κ1) is 74.7. The third-order valence-electron chi connectivity index (χ3n) is 19.1. The lowest BCUT2D eigenvalue weighted by Gasteiger charge is -2.18. The molecular formula is C88H86N8O8S4. The topological polar surface area (TPSA) is 168 Å². The van der Waals surface area contributed by atoms with Crippen molar-refractivity contribution in [3.05, 3.63) is 258 Å². The van der Waals surface area contributed by atoms with E-state index in [1.165, 1.54) is 69.3 Å². The largest absolute Gasteiger partial charge is 0.493 e. The van der Waals surface area contributed by atoms with Crippen LogP contribution in [0.4, 0.5) is 22.7 Å². The lowest BCUT2D eigenvalue weighted by molar-refractivity contribution is -0.114. The van der Waals surface area contributed by atoms with Crippen molar-refractivity contribution in [2.75, 3.05) is 52.6 Å². The first-order valence-corrected chi connectivity index (χ1v) is 40.5. The lowest BCUT2D eigenvalue weighted by atomic mass is 10.0. The molecule has 1 aliphatic carbocycles. The number of benzene rings is 8. The number of nitrogens with zero attached hydrogens (tertiary/aromatic N) is 8. The van der Waals surface area contributed by atoms with Crippen LogP contribution in [0, 0.1) is 6.92 Å². The molecule has 20 heteroatoms. The average molecular weight is 1510 g/mol. The summed E-state index contributed by atoms with van der Waals surface area (Å²) in [5, 5.41) is 3.03. The van der Waals surface area contributed by atoms with Crippen molar-refractivity contribution < 1.29 is 38.1 Å². The Morgan fingerprint density at radius 1 is 0.407 bits per heavy atom. The average Bonchev–Trinajstić information content (AvgIpc) is 1.66. The van der Waals surface area contributed by atoms with Gasteiger partial charge in [-0.2, -0.15) is 0 Å². The van der Waals surface area contributed by atoms with E-state index in [0.717, 1.165) is 185 Å². The smallest absolute Gasteiger partial charge is 0.271 e. The molecule has 5 fully saturated rings. The third kappa shape index (κ3) is 17.7. The predicted molar refractivity (Wildman–Crippen MR) is 447 cm³/mol. The zero-order valence-corrected chi connectivity index (χ0v) is 64.8. The van der Waals surface area contributed by atoms with Gasteiger partial charge in [0.2, 0.25) is 0 Å². The molecule has 8 aliphatic heterocycles. The molecule has 4 amide bonds. The summed E-state index contributed by atoms with van der Waals surface area (Å²) in [6, 6.07) is 62.4. The van der Waals surface area contributed by atoms with Crippen LogP contribution in [0.5, 0.6) is 23.0 Å². The van der Waals surface area contributed by atoms with Crippen molar-refractivity contribution in [1.29, 1.82) is 0 Å². The van der Waals surface area contributed by atoms with Gasteiger partial charge in [-0.1, -0.05) is 111 Å². The molecule has 1 saturated carbocycles. The van der Waals surface area contributed by atoms with Gasteiger partial charge in [-0.3, -0.25) is 58.7 Å². The molecule has 0 aromatic heterocycles. The van der Waals surface area contributed by atoms with Gasteiger partial charge < -0.3 is 18.9 Å².